The van der Waals surface area contributed by atoms with Crippen LogP contribution in [0.15, 0.2) is 24.3 Å². The van der Waals surface area contributed by atoms with E-state index in [1.165, 1.54) is 51.4 Å². The summed E-state index contributed by atoms with van der Waals surface area (Å²) in [5.74, 6) is -0.914. The van der Waals surface area contributed by atoms with E-state index in [1.54, 1.807) is 24.3 Å². The van der Waals surface area contributed by atoms with E-state index >= 15 is 0 Å². The zero-order valence-electron chi connectivity index (χ0n) is 14.7. The van der Waals surface area contributed by atoms with E-state index in [2.05, 4.69) is 6.92 Å². The summed E-state index contributed by atoms with van der Waals surface area (Å²) >= 11 is 0. The Labute approximate surface area is 145 Å². The maximum Gasteiger partial charge on any atom is 0.494 e. The Morgan fingerprint density at radius 2 is 1.71 bits per heavy atom. The molecule has 1 aromatic carbocycles. The van der Waals surface area contributed by atoms with E-state index in [0.717, 1.165) is 11.9 Å². The number of carbonyl (C=O) groups is 1. The molecule has 0 spiro atoms. The highest BCUT2D eigenvalue weighted by Crippen LogP contribution is 2.17. The monoisotopic (exact) mass is 332 g/mol. The molecule has 0 aromatic heterocycles. The van der Waals surface area contributed by atoms with Crippen molar-refractivity contribution < 1.29 is 19.2 Å². The summed E-state index contributed by atoms with van der Waals surface area (Å²) in [5, 5.41) is 8.92. The van der Waals surface area contributed by atoms with Crippen LogP contribution in [0.2, 0.25) is 0 Å². The topological polar surface area (TPSA) is 55.8 Å². The lowest BCUT2D eigenvalue weighted by molar-refractivity contribution is 0.0697. The molecule has 0 radical (unpaired) electrons. The van der Waals surface area contributed by atoms with Gasteiger partial charge in [-0.3, -0.25) is 0 Å². The number of hydrogen-bond donors (Lipinski definition) is 1. The lowest BCUT2D eigenvalue weighted by Gasteiger charge is -2.09. The first kappa shape index (κ1) is 19.0. The lowest BCUT2D eigenvalue weighted by atomic mass is 9.79. The zero-order valence-corrected chi connectivity index (χ0v) is 14.7. The molecule has 0 aliphatic carbocycles. The summed E-state index contributed by atoms with van der Waals surface area (Å²) in [4.78, 5) is 10.9. The third kappa shape index (κ3) is 6.29. The summed E-state index contributed by atoms with van der Waals surface area (Å²) in [6.07, 6.45) is 11.7. The number of rotatable bonds is 11. The van der Waals surface area contributed by atoms with E-state index < -0.39 is 5.97 Å². The van der Waals surface area contributed by atoms with Gasteiger partial charge in [0.1, 0.15) is 0 Å². The number of benzene rings is 1. The van der Waals surface area contributed by atoms with Crippen molar-refractivity contribution in [2.45, 2.75) is 70.8 Å². The van der Waals surface area contributed by atoms with Crippen LogP contribution in [0.3, 0.4) is 0 Å². The van der Waals surface area contributed by atoms with Crippen molar-refractivity contribution in [1.82, 2.24) is 0 Å². The summed E-state index contributed by atoms with van der Waals surface area (Å²) in [6, 6.07) is 6.73. The Morgan fingerprint density at radius 1 is 1.08 bits per heavy atom. The molecular weight excluding hydrogens is 303 g/mol. The molecule has 1 unspecified atom stereocenters. The van der Waals surface area contributed by atoms with Crippen molar-refractivity contribution >= 4 is 18.6 Å². The molecule has 1 saturated heterocycles. The van der Waals surface area contributed by atoms with Crippen LogP contribution in [0, 0.1) is 0 Å². The molecule has 0 saturated carbocycles. The second kappa shape index (κ2) is 10.5. The third-order valence-electron chi connectivity index (χ3n) is 4.56. The average molecular weight is 332 g/mol. The maximum atomic E-state index is 10.9. The first-order valence-electron chi connectivity index (χ1n) is 9.31. The standard InChI is InChI=1S/C19H29BO4/c1-2-3-4-5-6-7-8-9-10-18-15-23-20(24-18)17-13-11-16(12-14-17)19(21)22/h11-14,18H,2-10,15H2,1H3,(H,21,22). The van der Waals surface area contributed by atoms with E-state index in [1.807, 2.05) is 0 Å². The van der Waals surface area contributed by atoms with Crippen LogP contribution in [0.1, 0.15) is 75.1 Å². The van der Waals surface area contributed by atoms with Gasteiger partial charge in [0.05, 0.1) is 18.3 Å². The van der Waals surface area contributed by atoms with Gasteiger partial charge in [0, 0.05) is 0 Å². The van der Waals surface area contributed by atoms with Crippen LogP contribution in [0.5, 0.6) is 0 Å². The van der Waals surface area contributed by atoms with Crippen molar-refractivity contribution in [1.29, 1.82) is 0 Å². The Kier molecular flexibility index (Phi) is 8.33. The molecule has 24 heavy (non-hydrogen) atoms. The quantitative estimate of drug-likeness (QED) is 0.491. The first-order valence-corrected chi connectivity index (χ1v) is 9.31. The number of carboxylic acids is 1. The van der Waals surface area contributed by atoms with Crippen molar-refractivity contribution in [3.63, 3.8) is 0 Å². The van der Waals surface area contributed by atoms with E-state index in [4.69, 9.17) is 14.4 Å². The second-order valence-electron chi connectivity index (χ2n) is 6.61. The minimum Gasteiger partial charge on any atom is -0.478 e. The van der Waals surface area contributed by atoms with Crippen molar-refractivity contribution in [3.05, 3.63) is 29.8 Å². The molecule has 1 N–H and O–H groups in total. The molecule has 0 amide bonds. The fraction of sp³-hybridized carbons (Fsp3) is 0.632. The number of hydrogen-bond acceptors (Lipinski definition) is 3. The Bertz CT molecular complexity index is 489. The highest BCUT2D eigenvalue weighted by molar-refractivity contribution is 6.61. The summed E-state index contributed by atoms with van der Waals surface area (Å²) in [7, 11) is -0.355. The Morgan fingerprint density at radius 3 is 2.33 bits per heavy atom. The molecular formula is C19H29BO4. The normalized spacial score (nSPS) is 17.4. The molecule has 1 heterocycles. The molecule has 4 nitrogen and oxygen atoms in total. The summed E-state index contributed by atoms with van der Waals surface area (Å²) in [5.41, 5.74) is 1.17. The number of unbranched alkanes of at least 4 members (excludes halogenated alkanes) is 7. The lowest BCUT2D eigenvalue weighted by Crippen LogP contribution is -2.32. The average Bonchev–Trinajstić information content (AvgIpc) is 3.06. The van der Waals surface area contributed by atoms with Crippen LogP contribution in [-0.4, -0.2) is 30.9 Å². The van der Waals surface area contributed by atoms with Crippen LogP contribution in [0.4, 0.5) is 0 Å². The van der Waals surface area contributed by atoms with Gasteiger partial charge in [-0.2, -0.15) is 0 Å². The minimum absolute atomic E-state index is 0.161. The van der Waals surface area contributed by atoms with Gasteiger partial charge in [0.2, 0.25) is 0 Å². The van der Waals surface area contributed by atoms with Gasteiger partial charge < -0.3 is 14.4 Å². The molecule has 0 bridgehead atoms. The molecule has 1 aromatic rings. The molecule has 1 fully saturated rings. The number of carboxylic acid groups (broad SMARTS) is 1. The highest BCUT2D eigenvalue weighted by Gasteiger charge is 2.32. The van der Waals surface area contributed by atoms with Crippen molar-refractivity contribution in [2.75, 3.05) is 6.61 Å². The van der Waals surface area contributed by atoms with Crippen LogP contribution >= 0.6 is 0 Å². The summed E-state index contributed by atoms with van der Waals surface area (Å²) in [6.45, 7) is 2.87. The smallest absolute Gasteiger partial charge is 0.478 e. The first-order chi connectivity index (χ1) is 11.7. The van der Waals surface area contributed by atoms with E-state index in [9.17, 15) is 4.79 Å². The minimum atomic E-state index is -0.914. The molecule has 132 valence electrons. The molecule has 1 aliphatic heterocycles. The number of aromatic carboxylic acids is 1. The largest absolute Gasteiger partial charge is 0.494 e. The van der Waals surface area contributed by atoms with Crippen LogP contribution < -0.4 is 5.46 Å². The predicted molar refractivity (Wildman–Crippen MR) is 96.8 cm³/mol. The van der Waals surface area contributed by atoms with Gasteiger partial charge in [-0.1, -0.05) is 70.4 Å². The molecule has 1 atom stereocenters. The SMILES string of the molecule is CCCCCCCCCCC1COB(c2ccc(C(=O)O)cc2)O1. The summed E-state index contributed by atoms with van der Waals surface area (Å²) < 4.78 is 11.6. The van der Waals surface area contributed by atoms with E-state index in [0.29, 0.717) is 6.61 Å². The van der Waals surface area contributed by atoms with Gasteiger partial charge in [-0.15, -0.1) is 0 Å². The highest BCUT2D eigenvalue weighted by atomic mass is 16.6. The zero-order chi connectivity index (χ0) is 17.2. The van der Waals surface area contributed by atoms with Gasteiger partial charge >= 0.3 is 13.1 Å². The molecule has 5 heteroatoms. The second-order valence-corrected chi connectivity index (χ2v) is 6.61. The van der Waals surface area contributed by atoms with Crippen LogP contribution in [-0.2, 0) is 9.31 Å². The van der Waals surface area contributed by atoms with Crippen molar-refractivity contribution in [3.8, 4) is 0 Å². The maximum absolute atomic E-state index is 10.9. The van der Waals surface area contributed by atoms with Gasteiger partial charge in [-0.25, -0.2) is 4.79 Å². The predicted octanol–water partition coefficient (Wildman–Crippen LogP) is 4.03. The fourth-order valence-electron chi connectivity index (χ4n) is 3.06. The third-order valence-corrected chi connectivity index (χ3v) is 4.56. The van der Waals surface area contributed by atoms with Gasteiger partial charge in [0.25, 0.3) is 0 Å². The van der Waals surface area contributed by atoms with Crippen LogP contribution in [0.25, 0.3) is 0 Å². The van der Waals surface area contributed by atoms with Crippen molar-refractivity contribution in [2.24, 2.45) is 0 Å². The Balaban J connectivity index is 1.60. The van der Waals surface area contributed by atoms with E-state index in [-0.39, 0.29) is 18.8 Å². The molecule has 1 aliphatic rings. The van der Waals surface area contributed by atoms with Gasteiger partial charge in [0.15, 0.2) is 0 Å². The Hall–Kier alpha value is -1.33. The molecule has 2 rings (SSSR count). The fourth-order valence-corrected chi connectivity index (χ4v) is 3.06. The van der Waals surface area contributed by atoms with Gasteiger partial charge in [-0.05, 0) is 24.0 Å².